The van der Waals surface area contributed by atoms with E-state index in [1.54, 1.807) is 25.2 Å². The van der Waals surface area contributed by atoms with E-state index in [-0.39, 0.29) is 5.91 Å². The lowest BCUT2D eigenvalue weighted by Crippen LogP contribution is -2.26. The Morgan fingerprint density at radius 3 is 2.60 bits per heavy atom. The number of halogens is 3. The topological polar surface area (TPSA) is 33.2 Å². The molecule has 20 heavy (non-hydrogen) atoms. The fourth-order valence-electron chi connectivity index (χ4n) is 1.71. The average Bonchev–Trinajstić information content (AvgIpc) is 2.43. The molecule has 0 atom stereocenters. The number of aromatic nitrogens is 1. The Balaban J connectivity index is 2.11. The van der Waals surface area contributed by atoms with Crippen molar-refractivity contribution in [2.45, 2.75) is 6.54 Å². The van der Waals surface area contributed by atoms with Gasteiger partial charge >= 0.3 is 0 Å². The molecule has 0 aliphatic carbocycles. The molecule has 0 saturated carbocycles. The van der Waals surface area contributed by atoms with Crippen molar-refractivity contribution >= 4 is 29.1 Å². The van der Waals surface area contributed by atoms with Gasteiger partial charge < -0.3 is 4.90 Å². The average molecular weight is 313 g/mol. The molecule has 1 aromatic carbocycles. The number of benzene rings is 1. The fourth-order valence-corrected chi connectivity index (χ4v) is 2.03. The smallest absolute Gasteiger partial charge is 0.255 e. The van der Waals surface area contributed by atoms with E-state index < -0.39 is 5.95 Å². The van der Waals surface area contributed by atoms with Crippen LogP contribution in [0.25, 0.3) is 0 Å². The number of carbonyl (C=O) groups excluding carboxylic acids is 1. The van der Waals surface area contributed by atoms with E-state index in [1.165, 1.54) is 17.2 Å². The zero-order valence-corrected chi connectivity index (χ0v) is 12.1. The molecule has 0 radical (unpaired) electrons. The zero-order valence-electron chi connectivity index (χ0n) is 10.6. The minimum Gasteiger partial charge on any atom is -0.337 e. The van der Waals surface area contributed by atoms with Crippen molar-refractivity contribution in [1.82, 2.24) is 9.88 Å². The van der Waals surface area contributed by atoms with Crippen molar-refractivity contribution in [3.8, 4) is 0 Å². The Labute approximate surface area is 125 Å². The standard InChI is InChI=1S/C14H11Cl2FN2O/c1-19(8-9-2-4-11(15)12(16)6-9)14(20)10-3-5-13(17)18-7-10/h2-7H,8H2,1H3. The summed E-state index contributed by atoms with van der Waals surface area (Å²) < 4.78 is 12.7. The van der Waals surface area contributed by atoms with Crippen molar-refractivity contribution in [2.24, 2.45) is 0 Å². The summed E-state index contributed by atoms with van der Waals surface area (Å²) in [5.41, 5.74) is 1.18. The highest BCUT2D eigenvalue weighted by atomic mass is 35.5. The Hall–Kier alpha value is -1.65. The molecule has 1 heterocycles. The minimum atomic E-state index is -0.617. The Kier molecular flexibility index (Phi) is 4.57. The number of amides is 1. The van der Waals surface area contributed by atoms with Crippen LogP contribution < -0.4 is 0 Å². The number of rotatable bonds is 3. The van der Waals surface area contributed by atoms with Crippen LogP contribution in [0.1, 0.15) is 15.9 Å². The first-order valence-electron chi connectivity index (χ1n) is 5.78. The normalized spacial score (nSPS) is 10.4. The lowest BCUT2D eigenvalue weighted by atomic mass is 10.2. The highest BCUT2D eigenvalue weighted by Gasteiger charge is 2.13. The summed E-state index contributed by atoms with van der Waals surface area (Å²) in [6.07, 6.45) is 1.21. The summed E-state index contributed by atoms with van der Waals surface area (Å²) in [6.45, 7) is 0.368. The van der Waals surface area contributed by atoms with Gasteiger partial charge in [-0.15, -0.1) is 0 Å². The number of carbonyl (C=O) groups is 1. The van der Waals surface area contributed by atoms with E-state index in [1.807, 2.05) is 0 Å². The molecule has 6 heteroatoms. The van der Waals surface area contributed by atoms with Gasteiger partial charge in [0, 0.05) is 19.8 Å². The lowest BCUT2D eigenvalue weighted by Gasteiger charge is -2.17. The van der Waals surface area contributed by atoms with E-state index in [0.717, 1.165) is 11.6 Å². The van der Waals surface area contributed by atoms with Crippen LogP contribution in [-0.2, 0) is 6.54 Å². The number of nitrogens with zero attached hydrogens (tertiary/aromatic N) is 2. The first kappa shape index (κ1) is 14.8. The second-order valence-corrected chi connectivity index (χ2v) is 5.09. The van der Waals surface area contributed by atoms with Crippen LogP contribution in [-0.4, -0.2) is 22.8 Å². The predicted octanol–water partition coefficient (Wildman–Crippen LogP) is 3.80. The number of hydrogen-bond acceptors (Lipinski definition) is 2. The first-order valence-corrected chi connectivity index (χ1v) is 6.54. The predicted molar refractivity (Wildman–Crippen MR) is 76.5 cm³/mol. The Morgan fingerprint density at radius 1 is 1.25 bits per heavy atom. The minimum absolute atomic E-state index is 0.247. The maximum absolute atomic E-state index is 12.7. The number of pyridine rings is 1. The third kappa shape index (κ3) is 3.46. The molecule has 0 fully saturated rings. The Morgan fingerprint density at radius 2 is 2.00 bits per heavy atom. The first-order chi connectivity index (χ1) is 9.47. The van der Waals surface area contributed by atoms with Crippen molar-refractivity contribution in [1.29, 1.82) is 0 Å². The molecular formula is C14H11Cl2FN2O. The van der Waals surface area contributed by atoms with Crippen LogP contribution in [0, 0.1) is 5.95 Å². The van der Waals surface area contributed by atoms with E-state index in [0.29, 0.717) is 22.2 Å². The van der Waals surface area contributed by atoms with Crippen LogP contribution in [0.15, 0.2) is 36.5 Å². The zero-order chi connectivity index (χ0) is 14.7. The Bertz CT molecular complexity index is 632. The maximum atomic E-state index is 12.7. The van der Waals surface area contributed by atoms with Crippen molar-refractivity contribution in [2.75, 3.05) is 7.05 Å². The summed E-state index contributed by atoms with van der Waals surface area (Å²) in [5, 5.41) is 0.903. The van der Waals surface area contributed by atoms with Gasteiger partial charge in [0.15, 0.2) is 0 Å². The molecule has 0 saturated heterocycles. The van der Waals surface area contributed by atoms with Gasteiger partial charge in [0.05, 0.1) is 15.6 Å². The molecular weight excluding hydrogens is 302 g/mol. The second-order valence-electron chi connectivity index (χ2n) is 4.28. The highest BCUT2D eigenvalue weighted by Crippen LogP contribution is 2.23. The molecule has 0 aliphatic heterocycles. The lowest BCUT2D eigenvalue weighted by molar-refractivity contribution is 0.0784. The highest BCUT2D eigenvalue weighted by molar-refractivity contribution is 6.42. The van der Waals surface area contributed by atoms with Crippen LogP contribution in [0.2, 0.25) is 10.0 Å². The van der Waals surface area contributed by atoms with E-state index in [2.05, 4.69) is 4.98 Å². The molecule has 3 nitrogen and oxygen atoms in total. The molecule has 0 N–H and O–H groups in total. The van der Waals surface area contributed by atoms with Crippen LogP contribution in [0.4, 0.5) is 4.39 Å². The van der Waals surface area contributed by atoms with Crippen LogP contribution in [0.5, 0.6) is 0 Å². The largest absolute Gasteiger partial charge is 0.337 e. The van der Waals surface area contributed by atoms with Gasteiger partial charge in [-0.3, -0.25) is 4.79 Å². The summed E-state index contributed by atoms with van der Waals surface area (Å²) >= 11 is 11.8. The van der Waals surface area contributed by atoms with Gasteiger partial charge in [0.25, 0.3) is 5.91 Å². The quantitative estimate of drug-likeness (QED) is 0.808. The van der Waals surface area contributed by atoms with Crippen molar-refractivity contribution in [3.63, 3.8) is 0 Å². The SMILES string of the molecule is CN(Cc1ccc(Cl)c(Cl)c1)C(=O)c1ccc(F)nc1. The van der Waals surface area contributed by atoms with Gasteiger partial charge in [-0.2, -0.15) is 4.39 Å². The molecule has 0 spiro atoms. The second kappa shape index (κ2) is 6.20. The summed E-state index contributed by atoms with van der Waals surface area (Å²) in [6, 6.07) is 7.73. The molecule has 1 aromatic heterocycles. The van der Waals surface area contributed by atoms with Gasteiger partial charge in [-0.1, -0.05) is 29.3 Å². The number of hydrogen-bond donors (Lipinski definition) is 0. The monoisotopic (exact) mass is 312 g/mol. The fraction of sp³-hybridized carbons (Fsp3) is 0.143. The van der Waals surface area contributed by atoms with Crippen LogP contribution in [0.3, 0.4) is 0 Å². The molecule has 104 valence electrons. The summed E-state index contributed by atoms with van der Waals surface area (Å²) in [7, 11) is 1.65. The molecule has 0 bridgehead atoms. The molecule has 0 aliphatic rings. The van der Waals surface area contributed by atoms with Crippen LogP contribution >= 0.6 is 23.2 Å². The van der Waals surface area contributed by atoms with Crippen molar-refractivity contribution < 1.29 is 9.18 Å². The molecule has 2 aromatic rings. The maximum Gasteiger partial charge on any atom is 0.255 e. The molecule has 1 amide bonds. The van der Waals surface area contributed by atoms with Gasteiger partial charge in [0.1, 0.15) is 0 Å². The van der Waals surface area contributed by atoms with E-state index in [9.17, 15) is 9.18 Å². The summed E-state index contributed by atoms with van der Waals surface area (Å²) in [5.74, 6) is -0.864. The van der Waals surface area contributed by atoms with Gasteiger partial charge in [0.2, 0.25) is 5.95 Å². The molecule has 2 rings (SSSR count). The van der Waals surface area contributed by atoms with Gasteiger partial charge in [-0.05, 0) is 29.8 Å². The van der Waals surface area contributed by atoms with E-state index >= 15 is 0 Å². The van der Waals surface area contributed by atoms with E-state index in [4.69, 9.17) is 23.2 Å². The third-order valence-corrected chi connectivity index (χ3v) is 3.46. The summed E-state index contributed by atoms with van der Waals surface area (Å²) in [4.78, 5) is 17.1. The van der Waals surface area contributed by atoms with Gasteiger partial charge in [-0.25, -0.2) is 4.98 Å². The third-order valence-electron chi connectivity index (χ3n) is 2.72. The molecule has 0 unspecified atom stereocenters. The van der Waals surface area contributed by atoms with Crippen molar-refractivity contribution in [3.05, 3.63) is 63.6 Å².